The zero-order chi connectivity index (χ0) is 7.56. The predicted molar refractivity (Wildman–Crippen MR) is 33.2 cm³/mol. The molecule has 0 aromatic carbocycles. The number of hydrogen-bond acceptors (Lipinski definition) is 4. The Kier molecular flexibility index (Phi) is 2.01. The molecular formula is C6H9NO3. The summed E-state index contributed by atoms with van der Waals surface area (Å²) in [6.07, 6.45) is 0.880. The van der Waals surface area contributed by atoms with Gasteiger partial charge in [0.25, 0.3) is 0 Å². The molecule has 0 spiro atoms. The maximum atomic E-state index is 10.7. The van der Waals surface area contributed by atoms with Gasteiger partial charge in [0.05, 0.1) is 0 Å². The highest BCUT2D eigenvalue weighted by molar-refractivity contribution is 5.91. The maximum Gasteiger partial charge on any atom is 0.330 e. The standard InChI is InChI=1S/C6H9NO3/c1-7-4-2-3-5(8)10-6(4)9/h4,7H,2-3H2,1H3/t4-/m0/s1. The summed E-state index contributed by atoms with van der Waals surface area (Å²) in [5.41, 5.74) is 0. The summed E-state index contributed by atoms with van der Waals surface area (Å²) < 4.78 is 4.35. The minimum absolute atomic E-state index is 0.294. The largest absolute Gasteiger partial charge is 0.392 e. The highest BCUT2D eigenvalue weighted by Crippen LogP contribution is 2.07. The zero-order valence-corrected chi connectivity index (χ0v) is 5.72. The predicted octanol–water partition coefficient (Wildman–Crippen LogP) is -0.562. The Morgan fingerprint density at radius 2 is 2.30 bits per heavy atom. The van der Waals surface area contributed by atoms with E-state index in [4.69, 9.17) is 0 Å². The number of rotatable bonds is 1. The van der Waals surface area contributed by atoms with E-state index >= 15 is 0 Å². The molecule has 56 valence electrons. The average molecular weight is 143 g/mol. The molecule has 4 nitrogen and oxygen atoms in total. The Bertz CT molecular complexity index is 166. The summed E-state index contributed by atoms with van der Waals surface area (Å²) in [5.74, 6) is -0.879. The first-order chi connectivity index (χ1) is 4.74. The van der Waals surface area contributed by atoms with Gasteiger partial charge in [-0.25, -0.2) is 4.79 Å². The molecule has 0 aromatic rings. The molecule has 1 atom stereocenters. The van der Waals surface area contributed by atoms with Gasteiger partial charge in [-0.3, -0.25) is 4.79 Å². The second-order valence-corrected chi connectivity index (χ2v) is 2.17. The fraction of sp³-hybridized carbons (Fsp3) is 0.667. The molecule has 1 N–H and O–H groups in total. The summed E-state index contributed by atoms with van der Waals surface area (Å²) in [6.45, 7) is 0. The number of cyclic esters (lactones) is 2. The van der Waals surface area contributed by atoms with Crippen LogP contribution in [0.2, 0.25) is 0 Å². The molecule has 4 heteroatoms. The third kappa shape index (κ3) is 1.33. The normalized spacial score (nSPS) is 26.3. The molecule has 10 heavy (non-hydrogen) atoms. The number of ether oxygens (including phenoxy) is 1. The fourth-order valence-corrected chi connectivity index (χ4v) is 0.877. The summed E-state index contributed by atoms with van der Waals surface area (Å²) in [5, 5.41) is 2.75. The van der Waals surface area contributed by atoms with E-state index in [0.29, 0.717) is 12.8 Å². The summed E-state index contributed by atoms with van der Waals surface area (Å²) in [6, 6.07) is -0.294. The number of hydrogen-bond donors (Lipinski definition) is 1. The van der Waals surface area contributed by atoms with Crippen LogP contribution in [0.25, 0.3) is 0 Å². The lowest BCUT2D eigenvalue weighted by molar-refractivity contribution is -0.165. The van der Waals surface area contributed by atoms with Gasteiger partial charge in [-0.1, -0.05) is 0 Å². The first-order valence-corrected chi connectivity index (χ1v) is 3.16. The Morgan fingerprint density at radius 3 is 2.80 bits per heavy atom. The van der Waals surface area contributed by atoms with Crippen molar-refractivity contribution in [1.82, 2.24) is 5.32 Å². The topological polar surface area (TPSA) is 55.4 Å². The van der Waals surface area contributed by atoms with Crippen LogP contribution in [-0.4, -0.2) is 25.0 Å². The first kappa shape index (κ1) is 7.21. The van der Waals surface area contributed by atoms with Crippen LogP contribution in [0.1, 0.15) is 12.8 Å². The Hall–Kier alpha value is -0.900. The molecule has 1 aliphatic heterocycles. The van der Waals surface area contributed by atoms with Gasteiger partial charge in [-0.2, -0.15) is 0 Å². The Morgan fingerprint density at radius 1 is 1.60 bits per heavy atom. The van der Waals surface area contributed by atoms with Crippen molar-refractivity contribution in [3.63, 3.8) is 0 Å². The van der Waals surface area contributed by atoms with Gasteiger partial charge in [0.15, 0.2) is 0 Å². The van der Waals surface area contributed by atoms with Crippen LogP contribution >= 0.6 is 0 Å². The number of carbonyl (C=O) groups excluding carboxylic acids is 2. The molecule has 0 saturated carbocycles. The number of likely N-dealkylation sites (N-methyl/N-ethyl adjacent to an activating group) is 1. The molecule has 1 heterocycles. The zero-order valence-electron chi connectivity index (χ0n) is 5.72. The van der Waals surface area contributed by atoms with Gasteiger partial charge < -0.3 is 10.1 Å². The van der Waals surface area contributed by atoms with Crippen molar-refractivity contribution in [3.8, 4) is 0 Å². The van der Waals surface area contributed by atoms with E-state index in [0.717, 1.165) is 0 Å². The second kappa shape index (κ2) is 2.79. The highest BCUT2D eigenvalue weighted by Gasteiger charge is 2.26. The Labute approximate surface area is 58.5 Å². The molecule has 1 aliphatic rings. The third-order valence-electron chi connectivity index (χ3n) is 1.48. The van der Waals surface area contributed by atoms with Crippen LogP contribution in [0.4, 0.5) is 0 Å². The van der Waals surface area contributed by atoms with E-state index in [9.17, 15) is 9.59 Å². The van der Waals surface area contributed by atoms with E-state index in [1.54, 1.807) is 7.05 Å². The van der Waals surface area contributed by atoms with Gasteiger partial charge in [0.1, 0.15) is 6.04 Å². The number of carbonyl (C=O) groups is 2. The highest BCUT2D eigenvalue weighted by atomic mass is 16.6. The van der Waals surface area contributed by atoms with Crippen molar-refractivity contribution in [2.45, 2.75) is 18.9 Å². The molecule has 0 aliphatic carbocycles. The van der Waals surface area contributed by atoms with Crippen LogP contribution < -0.4 is 5.32 Å². The van der Waals surface area contributed by atoms with E-state index in [2.05, 4.69) is 10.1 Å². The summed E-state index contributed by atoms with van der Waals surface area (Å²) in [4.78, 5) is 21.2. The van der Waals surface area contributed by atoms with Crippen molar-refractivity contribution >= 4 is 11.9 Å². The van der Waals surface area contributed by atoms with Crippen molar-refractivity contribution in [3.05, 3.63) is 0 Å². The minimum Gasteiger partial charge on any atom is -0.392 e. The first-order valence-electron chi connectivity index (χ1n) is 3.16. The quantitative estimate of drug-likeness (QED) is 0.395. The average Bonchev–Trinajstić information content (AvgIpc) is 1.88. The van der Waals surface area contributed by atoms with E-state index in [1.165, 1.54) is 0 Å². The third-order valence-corrected chi connectivity index (χ3v) is 1.48. The van der Waals surface area contributed by atoms with E-state index in [1.807, 2.05) is 0 Å². The minimum atomic E-state index is -0.459. The van der Waals surface area contributed by atoms with Gasteiger partial charge in [0, 0.05) is 6.42 Å². The summed E-state index contributed by atoms with van der Waals surface area (Å²) in [7, 11) is 1.67. The lowest BCUT2D eigenvalue weighted by Gasteiger charge is -2.17. The molecule has 1 saturated heterocycles. The molecule has 1 rings (SSSR count). The Balaban J connectivity index is 2.51. The number of esters is 2. The van der Waals surface area contributed by atoms with Gasteiger partial charge in [0.2, 0.25) is 0 Å². The van der Waals surface area contributed by atoms with Crippen LogP contribution in [0, 0.1) is 0 Å². The van der Waals surface area contributed by atoms with Crippen molar-refractivity contribution in [1.29, 1.82) is 0 Å². The molecule has 0 amide bonds. The fourth-order valence-electron chi connectivity index (χ4n) is 0.877. The van der Waals surface area contributed by atoms with Gasteiger partial charge >= 0.3 is 11.9 Å². The van der Waals surface area contributed by atoms with Crippen LogP contribution in [-0.2, 0) is 14.3 Å². The molecular weight excluding hydrogens is 134 g/mol. The van der Waals surface area contributed by atoms with Crippen molar-refractivity contribution in [2.24, 2.45) is 0 Å². The number of nitrogens with one attached hydrogen (secondary N) is 1. The van der Waals surface area contributed by atoms with Crippen molar-refractivity contribution < 1.29 is 14.3 Å². The second-order valence-electron chi connectivity index (χ2n) is 2.17. The van der Waals surface area contributed by atoms with E-state index < -0.39 is 11.9 Å². The maximum absolute atomic E-state index is 10.7. The van der Waals surface area contributed by atoms with Crippen molar-refractivity contribution in [2.75, 3.05) is 7.05 Å². The van der Waals surface area contributed by atoms with Crippen LogP contribution in [0.3, 0.4) is 0 Å². The van der Waals surface area contributed by atoms with Crippen LogP contribution in [0.15, 0.2) is 0 Å². The molecule has 0 aromatic heterocycles. The molecule has 1 fully saturated rings. The smallest absolute Gasteiger partial charge is 0.330 e. The van der Waals surface area contributed by atoms with Gasteiger partial charge in [-0.05, 0) is 13.5 Å². The van der Waals surface area contributed by atoms with Crippen LogP contribution in [0.5, 0.6) is 0 Å². The monoisotopic (exact) mass is 143 g/mol. The lowest BCUT2D eigenvalue weighted by atomic mass is 10.1. The molecule has 0 radical (unpaired) electrons. The summed E-state index contributed by atoms with van der Waals surface area (Å²) >= 11 is 0. The molecule has 0 bridgehead atoms. The van der Waals surface area contributed by atoms with Gasteiger partial charge in [-0.15, -0.1) is 0 Å². The lowest BCUT2D eigenvalue weighted by Crippen LogP contribution is -2.40. The SMILES string of the molecule is CN[C@H]1CCC(=O)OC1=O. The van der Waals surface area contributed by atoms with E-state index in [-0.39, 0.29) is 6.04 Å². The molecule has 0 unspecified atom stereocenters.